The summed E-state index contributed by atoms with van der Waals surface area (Å²) in [6.07, 6.45) is 2.16. The van der Waals surface area contributed by atoms with Crippen molar-refractivity contribution >= 4 is 68.1 Å². The van der Waals surface area contributed by atoms with Crippen molar-refractivity contribution in [2.24, 2.45) is 0 Å². The van der Waals surface area contributed by atoms with Crippen LogP contribution in [0, 0.1) is 38.2 Å². The van der Waals surface area contributed by atoms with Gasteiger partial charge in [-0.25, -0.2) is 0 Å². The van der Waals surface area contributed by atoms with Gasteiger partial charge in [0.15, 0.2) is 0 Å². The molecule has 41 heavy (non-hydrogen) atoms. The lowest BCUT2D eigenvalue weighted by atomic mass is 9.94. The average molecular weight is 757 g/mol. The Labute approximate surface area is 274 Å². The highest BCUT2D eigenvalue weighted by atomic mass is 127. The van der Waals surface area contributed by atoms with E-state index in [0.29, 0.717) is 0 Å². The zero-order valence-electron chi connectivity index (χ0n) is 24.3. The molecular formula is C39H34I2. The third-order valence-corrected chi connectivity index (χ3v) is 10.1. The van der Waals surface area contributed by atoms with Gasteiger partial charge in [-0.05, 0) is 154 Å². The second-order valence-corrected chi connectivity index (χ2v) is 12.9. The number of fused-ring (bicyclic) bond motifs is 8. The molecule has 204 valence electrons. The first-order valence-corrected chi connectivity index (χ1v) is 15.3. The maximum absolute atomic E-state index is 2.53. The van der Waals surface area contributed by atoms with Gasteiger partial charge in [-0.15, -0.1) is 24.0 Å². The summed E-state index contributed by atoms with van der Waals surface area (Å²) >= 11 is 2.53. The Bertz CT molecular complexity index is 1870. The lowest BCUT2D eigenvalue weighted by molar-refractivity contribution is 1.22. The second-order valence-electron chi connectivity index (χ2n) is 11.9. The molecule has 0 saturated heterocycles. The van der Waals surface area contributed by atoms with Crippen molar-refractivity contribution < 1.29 is 0 Å². The number of hydrogen-bond donors (Lipinski definition) is 0. The van der Waals surface area contributed by atoms with Gasteiger partial charge in [0.1, 0.15) is 0 Å². The highest BCUT2D eigenvalue weighted by Crippen LogP contribution is 2.43. The Morgan fingerprint density at radius 3 is 1.49 bits per heavy atom. The number of halogens is 2. The summed E-state index contributed by atoms with van der Waals surface area (Å²) in [5, 5.41) is 5.52. The highest BCUT2D eigenvalue weighted by Gasteiger charge is 2.23. The van der Waals surface area contributed by atoms with E-state index >= 15 is 0 Å². The van der Waals surface area contributed by atoms with E-state index in [9.17, 15) is 0 Å². The van der Waals surface area contributed by atoms with E-state index in [4.69, 9.17) is 0 Å². The van der Waals surface area contributed by atoms with Crippen molar-refractivity contribution in [3.8, 4) is 22.3 Å². The molecule has 0 radical (unpaired) electrons. The highest BCUT2D eigenvalue weighted by molar-refractivity contribution is 14.1. The molecule has 0 aromatic heterocycles. The molecule has 0 amide bonds. The SMILES string of the molecule is Cc1ccc2c(c1)Cc1c-2cc2ccc(C)cc2c1C.Cc1ccc2c(c1)Cc1c-2cc2ccc(C)cc2c1I.I. The molecule has 0 N–H and O–H groups in total. The van der Waals surface area contributed by atoms with Gasteiger partial charge < -0.3 is 0 Å². The van der Waals surface area contributed by atoms with Gasteiger partial charge in [-0.3, -0.25) is 0 Å². The van der Waals surface area contributed by atoms with Gasteiger partial charge in [-0.1, -0.05) is 95.1 Å². The molecular weight excluding hydrogens is 722 g/mol. The van der Waals surface area contributed by atoms with Crippen molar-refractivity contribution in [2.45, 2.75) is 47.5 Å². The molecule has 0 atom stereocenters. The molecule has 0 unspecified atom stereocenters. The first-order chi connectivity index (χ1) is 19.3. The van der Waals surface area contributed by atoms with Crippen LogP contribution in [0.2, 0.25) is 0 Å². The minimum Gasteiger partial charge on any atom is -0.107 e. The van der Waals surface area contributed by atoms with Crippen LogP contribution in [-0.4, -0.2) is 0 Å². The van der Waals surface area contributed by atoms with E-state index in [1.807, 2.05) is 0 Å². The zero-order chi connectivity index (χ0) is 27.7. The van der Waals surface area contributed by atoms with Gasteiger partial charge in [0.2, 0.25) is 0 Å². The van der Waals surface area contributed by atoms with Gasteiger partial charge >= 0.3 is 0 Å². The molecule has 0 bridgehead atoms. The molecule has 6 aromatic carbocycles. The summed E-state index contributed by atoms with van der Waals surface area (Å²) in [7, 11) is 0. The predicted octanol–water partition coefficient (Wildman–Crippen LogP) is 11.6. The summed E-state index contributed by atoms with van der Waals surface area (Å²) in [6, 6.07) is 32.0. The zero-order valence-corrected chi connectivity index (χ0v) is 28.8. The van der Waals surface area contributed by atoms with Gasteiger partial charge in [0.25, 0.3) is 0 Å². The minimum atomic E-state index is 0. The molecule has 2 heteroatoms. The van der Waals surface area contributed by atoms with Crippen molar-refractivity contribution in [2.75, 3.05) is 0 Å². The van der Waals surface area contributed by atoms with Crippen LogP contribution in [0.1, 0.15) is 50.1 Å². The van der Waals surface area contributed by atoms with E-state index in [0.717, 1.165) is 12.8 Å². The molecule has 0 spiro atoms. The molecule has 2 aliphatic carbocycles. The number of hydrogen-bond acceptors (Lipinski definition) is 0. The maximum Gasteiger partial charge on any atom is 0.0250 e. The van der Waals surface area contributed by atoms with Crippen molar-refractivity contribution in [3.05, 3.63) is 139 Å². The third-order valence-electron chi connectivity index (χ3n) is 8.86. The van der Waals surface area contributed by atoms with Crippen molar-refractivity contribution in [1.82, 2.24) is 0 Å². The van der Waals surface area contributed by atoms with Crippen LogP contribution in [0.4, 0.5) is 0 Å². The van der Waals surface area contributed by atoms with Gasteiger partial charge in [0.05, 0.1) is 0 Å². The summed E-state index contributed by atoms with van der Waals surface area (Å²) < 4.78 is 1.42. The minimum absolute atomic E-state index is 0. The fourth-order valence-corrected chi connectivity index (χ4v) is 7.71. The van der Waals surface area contributed by atoms with Crippen LogP contribution < -0.4 is 0 Å². The van der Waals surface area contributed by atoms with Crippen LogP contribution >= 0.6 is 46.6 Å². The standard InChI is InChI=1S/C20H18.C19H15I.HI/c1-12-5-7-17-16(8-12)11-19-14(3)18-9-13(2)4-6-15(18)10-20(17)19;1-11-4-6-15-14(7-11)10-18-17(15)9-13-5-3-12(2)8-16(13)19(18)20;/h4-10H,11H2,1-3H3;3-9H,10H2,1-2H3;1H. The Balaban J connectivity index is 0.000000144. The van der Waals surface area contributed by atoms with Gasteiger partial charge in [-0.2, -0.15) is 0 Å². The Morgan fingerprint density at radius 2 is 0.902 bits per heavy atom. The summed E-state index contributed by atoms with van der Waals surface area (Å²) in [4.78, 5) is 0. The Hall–Kier alpha value is -2.70. The van der Waals surface area contributed by atoms with Crippen molar-refractivity contribution in [3.63, 3.8) is 0 Å². The van der Waals surface area contributed by atoms with E-state index in [2.05, 4.69) is 142 Å². The topological polar surface area (TPSA) is 0 Å². The monoisotopic (exact) mass is 756 g/mol. The van der Waals surface area contributed by atoms with E-state index in [-0.39, 0.29) is 24.0 Å². The molecule has 0 heterocycles. The van der Waals surface area contributed by atoms with E-state index < -0.39 is 0 Å². The fourth-order valence-electron chi connectivity index (χ4n) is 6.76. The first-order valence-electron chi connectivity index (χ1n) is 14.2. The lowest BCUT2D eigenvalue weighted by Crippen LogP contribution is -1.89. The van der Waals surface area contributed by atoms with Crippen LogP contribution in [0.5, 0.6) is 0 Å². The molecule has 0 saturated carbocycles. The summed E-state index contributed by atoms with van der Waals surface area (Å²) in [6.45, 7) is 11.0. The van der Waals surface area contributed by atoms with Gasteiger partial charge in [0, 0.05) is 3.57 Å². The number of rotatable bonds is 0. The predicted molar refractivity (Wildman–Crippen MR) is 196 cm³/mol. The maximum atomic E-state index is 2.53. The van der Waals surface area contributed by atoms with Crippen LogP contribution in [0.25, 0.3) is 43.8 Å². The second kappa shape index (κ2) is 10.9. The molecule has 0 fully saturated rings. The quantitative estimate of drug-likeness (QED) is 0.135. The molecule has 6 aromatic rings. The Morgan fingerprint density at radius 1 is 0.463 bits per heavy atom. The molecule has 0 aliphatic heterocycles. The number of benzene rings is 6. The lowest BCUT2D eigenvalue weighted by Gasteiger charge is -2.10. The fraction of sp³-hybridized carbons (Fsp3) is 0.179. The summed E-state index contributed by atoms with van der Waals surface area (Å²) in [5.41, 5.74) is 18.5. The van der Waals surface area contributed by atoms with Crippen LogP contribution in [0.15, 0.2) is 84.9 Å². The number of aryl methyl sites for hydroxylation is 5. The van der Waals surface area contributed by atoms with Crippen LogP contribution in [0.3, 0.4) is 0 Å². The molecule has 2 aliphatic rings. The van der Waals surface area contributed by atoms with E-state index in [1.54, 1.807) is 0 Å². The van der Waals surface area contributed by atoms with Crippen molar-refractivity contribution in [1.29, 1.82) is 0 Å². The normalized spacial score (nSPS) is 12.2. The molecule has 8 rings (SSSR count). The smallest absolute Gasteiger partial charge is 0.0250 e. The first kappa shape index (κ1) is 28.4. The summed E-state index contributed by atoms with van der Waals surface area (Å²) in [5.74, 6) is 0. The molecule has 0 nitrogen and oxygen atoms in total. The van der Waals surface area contributed by atoms with E-state index in [1.165, 1.54) is 97.4 Å². The average Bonchev–Trinajstić information content (AvgIpc) is 3.48. The Kier molecular flexibility index (Phi) is 7.52. The van der Waals surface area contributed by atoms with Crippen LogP contribution in [-0.2, 0) is 12.8 Å². The third kappa shape index (κ3) is 4.91. The largest absolute Gasteiger partial charge is 0.107 e.